The van der Waals surface area contributed by atoms with Gasteiger partial charge >= 0.3 is 0 Å². The Bertz CT molecular complexity index is 132. The van der Waals surface area contributed by atoms with Crippen molar-refractivity contribution in [3.63, 3.8) is 0 Å². The summed E-state index contributed by atoms with van der Waals surface area (Å²) < 4.78 is 0. The van der Waals surface area contributed by atoms with E-state index in [1.165, 1.54) is 19.4 Å². The molecule has 0 aliphatic heterocycles. The summed E-state index contributed by atoms with van der Waals surface area (Å²) >= 11 is 0. The molecule has 2 aliphatic rings. The molecule has 0 aromatic heterocycles. The summed E-state index contributed by atoms with van der Waals surface area (Å²) in [6.45, 7) is 3.65. The Hall–Kier alpha value is -0.0400. The Morgan fingerprint density at radius 2 is 2.00 bits per heavy atom. The molecule has 1 heteroatoms. The fraction of sp³-hybridized carbons (Fsp3) is 1.00. The van der Waals surface area contributed by atoms with Crippen LogP contribution in [0.1, 0.15) is 26.2 Å². The molecule has 1 nitrogen and oxygen atoms in total. The fourth-order valence-electron chi connectivity index (χ4n) is 2.73. The highest BCUT2D eigenvalue weighted by molar-refractivity contribution is 5.01. The maximum absolute atomic E-state index is 3.29. The molecule has 2 rings (SSSR count). The molecule has 0 heterocycles. The minimum atomic E-state index is 0.655. The van der Waals surface area contributed by atoms with Crippen molar-refractivity contribution in [2.24, 2.45) is 17.3 Å². The van der Waals surface area contributed by atoms with E-state index < -0.39 is 0 Å². The summed E-state index contributed by atoms with van der Waals surface area (Å²) in [5, 5.41) is 3.29. The van der Waals surface area contributed by atoms with Crippen LogP contribution in [0.15, 0.2) is 0 Å². The molecular formula is C9H17N. The highest BCUT2D eigenvalue weighted by Gasteiger charge is 2.50. The van der Waals surface area contributed by atoms with Gasteiger partial charge in [-0.2, -0.15) is 0 Å². The minimum Gasteiger partial charge on any atom is -0.319 e. The average Bonchev–Trinajstić information content (AvgIpc) is 2.41. The Labute approximate surface area is 63.2 Å². The molecule has 1 N–H and O–H groups in total. The Morgan fingerprint density at radius 3 is 2.50 bits per heavy atom. The van der Waals surface area contributed by atoms with Gasteiger partial charge in [-0.15, -0.1) is 0 Å². The van der Waals surface area contributed by atoms with Crippen molar-refractivity contribution in [3.05, 3.63) is 0 Å². The van der Waals surface area contributed by atoms with Gasteiger partial charge in [0.25, 0.3) is 0 Å². The van der Waals surface area contributed by atoms with E-state index in [1.807, 2.05) is 0 Å². The van der Waals surface area contributed by atoms with Gasteiger partial charge in [0.05, 0.1) is 0 Å². The second-order valence-corrected chi connectivity index (χ2v) is 4.51. The maximum atomic E-state index is 3.29. The lowest BCUT2D eigenvalue weighted by molar-refractivity contribution is 0.291. The van der Waals surface area contributed by atoms with Gasteiger partial charge in [-0.3, -0.25) is 0 Å². The molecule has 2 aliphatic carbocycles. The number of hydrogen-bond acceptors (Lipinski definition) is 1. The Morgan fingerprint density at radius 1 is 1.40 bits per heavy atom. The third-order valence-electron chi connectivity index (χ3n) is 3.18. The number of fused-ring (bicyclic) bond motifs is 1. The third-order valence-corrected chi connectivity index (χ3v) is 3.18. The minimum absolute atomic E-state index is 0.655. The van der Waals surface area contributed by atoms with E-state index in [4.69, 9.17) is 0 Å². The quantitative estimate of drug-likeness (QED) is 0.613. The normalized spacial score (nSPS) is 51.0. The molecule has 2 fully saturated rings. The van der Waals surface area contributed by atoms with Gasteiger partial charge in [-0.1, -0.05) is 6.92 Å². The van der Waals surface area contributed by atoms with Gasteiger partial charge in [0.1, 0.15) is 0 Å². The summed E-state index contributed by atoms with van der Waals surface area (Å²) in [7, 11) is 2.06. The van der Waals surface area contributed by atoms with Gasteiger partial charge in [-0.05, 0) is 43.6 Å². The van der Waals surface area contributed by atoms with E-state index in [0.29, 0.717) is 5.41 Å². The summed E-state index contributed by atoms with van der Waals surface area (Å²) in [4.78, 5) is 0. The maximum Gasteiger partial charge on any atom is 0.000236 e. The lowest BCUT2D eigenvalue weighted by atomic mass is 9.85. The van der Waals surface area contributed by atoms with Crippen LogP contribution in [0.3, 0.4) is 0 Å². The standard InChI is InChI=1S/C9H17N/c1-9(6-10-2)4-7-3-8(7)5-9/h7-8,10H,3-6H2,1-2H3. The van der Waals surface area contributed by atoms with E-state index in [9.17, 15) is 0 Å². The number of nitrogens with one attached hydrogen (secondary N) is 1. The molecular weight excluding hydrogens is 122 g/mol. The van der Waals surface area contributed by atoms with Crippen molar-refractivity contribution in [2.45, 2.75) is 26.2 Å². The monoisotopic (exact) mass is 139 g/mol. The molecule has 0 aromatic rings. The molecule has 0 bridgehead atoms. The molecule has 0 aromatic carbocycles. The zero-order valence-electron chi connectivity index (χ0n) is 6.98. The van der Waals surface area contributed by atoms with Gasteiger partial charge in [0.2, 0.25) is 0 Å². The molecule has 0 spiro atoms. The summed E-state index contributed by atoms with van der Waals surface area (Å²) in [5.74, 6) is 2.25. The van der Waals surface area contributed by atoms with Crippen molar-refractivity contribution < 1.29 is 0 Å². The summed E-state index contributed by atoms with van der Waals surface area (Å²) in [5.41, 5.74) is 0.655. The molecule has 2 atom stereocenters. The second-order valence-electron chi connectivity index (χ2n) is 4.51. The predicted molar refractivity (Wildman–Crippen MR) is 42.9 cm³/mol. The van der Waals surface area contributed by atoms with Gasteiger partial charge < -0.3 is 5.32 Å². The van der Waals surface area contributed by atoms with Gasteiger partial charge in [0.15, 0.2) is 0 Å². The van der Waals surface area contributed by atoms with Crippen molar-refractivity contribution in [1.29, 1.82) is 0 Å². The van der Waals surface area contributed by atoms with Crippen molar-refractivity contribution >= 4 is 0 Å². The predicted octanol–water partition coefficient (Wildman–Crippen LogP) is 1.64. The molecule has 10 heavy (non-hydrogen) atoms. The van der Waals surface area contributed by atoms with Gasteiger partial charge in [0, 0.05) is 6.54 Å². The van der Waals surface area contributed by atoms with Crippen LogP contribution < -0.4 is 5.32 Å². The second kappa shape index (κ2) is 1.97. The van der Waals surface area contributed by atoms with Crippen molar-refractivity contribution in [1.82, 2.24) is 5.32 Å². The lowest BCUT2D eigenvalue weighted by Crippen LogP contribution is -2.28. The highest BCUT2D eigenvalue weighted by atomic mass is 14.8. The molecule has 2 saturated carbocycles. The van der Waals surface area contributed by atoms with E-state index in [-0.39, 0.29) is 0 Å². The largest absolute Gasteiger partial charge is 0.319 e. The molecule has 0 amide bonds. The Kier molecular flexibility index (Phi) is 1.31. The lowest BCUT2D eigenvalue weighted by Gasteiger charge is -2.24. The van der Waals surface area contributed by atoms with Crippen molar-refractivity contribution in [3.8, 4) is 0 Å². The summed E-state index contributed by atoms with van der Waals surface area (Å²) in [6, 6.07) is 0. The third kappa shape index (κ3) is 0.968. The molecule has 2 unspecified atom stereocenters. The van der Waals surface area contributed by atoms with Crippen LogP contribution in [0.2, 0.25) is 0 Å². The number of hydrogen-bond donors (Lipinski definition) is 1. The first-order chi connectivity index (χ1) is 4.73. The van der Waals surface area contributed by atoms with Crippen LogP contribution in [-0.4, -0.2) is 13.6 Å². The number of rotatable bonds is 2. The fourth-order valence-corrected chi connectivity index (χ4v) is 2.73. The van der Waals surface area contributed by atoms with Gasteiger partial charge in [-0.25, -0.2) is 0 Å². The van der Waals surface area contributed by atoms with E-state index >= 15 is 0 Å². The molecule has 58 valence electrons. The van der Waals surface area contributed by atoms with Crippen molar-refractivity contribution in [2.75, 3.05) is 13.6 Å². The van der Waals surface area contributed by atoms with Crippen LogP contribution in [0.25, 0.3) is 0 Å². The van der Waals surface area contributed by atoms with E-state index in [2.05, 4.69) is 19.3 Å². The smallest absolute Gasteiger partial charge is 0.000236 e. The summed E-state index contributed by atoms with van der Waals surface area (Å²) in [6.07, 6.45) is 4.51. The topological polar surface area (TPSA) is 12.0 Å². The van der Waals surface area contributed by atoms with Crippen LogP contribution >= 0.6 is 0 Å². The first-order valence-corrected chi connectivity index (χ1v) is 4.38. The van der Waals surface area contributed by atoms with E-state index in [1.54, 1.807) is 6.42 Å². The zero-order valence-corrected chi connectivity index (χ0v) is 6.98. The van der Waals surface area contributed by atoms with Crippen LogP contribution in [0, 0.1) is 17.3 Å². The SMILES string of the molecule is CNCC1(C)CC2CC2C1. The molecule has 0 saturated heterocycles. The Balaban J connectivity index is 1.92. The first kappa shape index (κ1) is 6.66. The van der Waals surface area contributed by atoms with Crippen LogP contribution in [0.5, 0.6) is 0 Å². The van der Waals surface area contributed by atoms with E-state index in [0.717, 1.165) is 11.8 Å². The highest BCUT2D eigenvalue weighted by Crippen LogP contribution is 2.59. The van der Waals surface area contributed by atoms with Crippen LogP contribution in [0.4, 0.5) is 0 Å². The average molecular weight is 139 g/mol. The van der Waals surface area contributed by atoms with Crippen LogP contribution in [-0.2, 0) is 0 Å². The zero-order chi connectivity index (χ0) is 7.19. The molecule has 0 radical (unpaired) electrons. The first-order valence-electron chi connectivity index (χ1n) is 4.38.